The Morgan fingerprint density at radius 1 is 1.08 bits per heavy atom. The predicted octanol–water partition coefficient (Wildman–Crippen LogP) is 2.47. The third-order valence-corrected chi connectivity index (χ3v) is 4.97. The van der Waals surface area contributed by atoms with Crippen LogP contribution in [0.3, 0.4) is 0 Å². The van der Waals surface area contributed by atoms with Crippen LogP contribution in [0, 0.1) is 0 Å². The smallest absolute Gasteiger partial charge is 0.408 e. The van der Waals surface area contributed by atoms with Gasteiger partial charge in [0.15, 0.2) is 0 Å². The summed E-state index contributed by atoms with van der Waals surface area (Å²) < 4.78 is 21.1. The molecule has 38 heavy (non-hydrogen) atoms. The van der Waals surface area contributed by atoms with Gasteiger partial charge in [0.2, 0.25) is 6.73 Å². The molecule has 1 heterocycles. The van der Waals surface area contributed by atoms with Gasteiger partial charge in [-0.3, -0.25) is 4.79 Å². The van der Waals surface area contributed by atoms with Crippen molar-refractivity contribution in [1.82, 2.24) is 20.7 Å². The molecule has 1 atom stereocenters. The van der Waals surface area contributed by atoms with Crippen LogP contribution in [0.2, 0.25) is 0 Å². The average Bonchev–Trinajstić information content (AvgIpc) is 3.32. The highest BCUT2D eigenvalue weighted by Crippen LogP contribution is 2.29. The number of rotatable bonds is 10. The maximum Gasteiger partial charge on any atom is 0.408 e. The third-order valence-electron chi connectivity index (χ3n) is 4.97. The number of carbonyl (C=O) groups is 3. The van der Waals surface area contributed by atoms with Crippen molar-refractivity contribution in [2.45, 2.75) is 59.1 Å². The predicted molar refractivity (Wildman–Crippen MR) is 133 cm³/mol. The molecule has 3 rings (SSSR count). The van der Waals surface area contributed by atoms with Crippen LogP contribution in [0.5, 0.6) is 5.75 Å². The molecule has 0 saturated heterocycles. The molecule has 1 amide bonds. The van der Waals surface area contributed by atoms with E-state index in [1.54, 1.807) is 39.0 Å². The molecule has 0 aliphatic carbocycles. The summed E-state index contributed by atoms with van der Waals surface area (Å²) >= 11 is 0. The highest BCUT2D eigenvalue weighted by atomic mass is 16.6. The number of nitrogens with one attached hydrogen (secondary N) is 2. The first-order valence-electron chi connectivity index (χ1n) is 11.9. The maximum atomic E-state index is 12.4. The molecule has 0 bridgehead atoms. The zero-order valence-electron chi connectivity index (χ0n) is 22.0. The van der Waals surface area contributed by atoms with Gasteiger partial charge in [-0.05, 0) is 59.1 Å². The maximum absolute atomic E-state index is 12.4. The molecule has 0 aliphatic rings. The second-order valence-corrected chi connectivity index (χ2v) is 9.35. The Labute approximate surface area is 220 Å². The van der Waals surface area contributed by atoms with Crippen LogP contribution in [0.15, 0.2) is 48.5 Å². The SMILES string of the molecule is COC(=O)[C@H](Cc1ccc(OC(C)=O)c(-c2n[nH][n+](COCc3ccccc3)n2)c1)NC(=O)OC(C)(C)C. The quantitative estimate of drug-likeness (QED) is 0.231. The molecule has 12 heteroatoms. The number of tetrazole rings is 1. The van der Waals surface area contributed by atoms with Gasteiger partial charge in [0, 0.05) is 13.3 Å². The van der Waals surface area contributed by atoms with Gasteiger partial charge in [0.05, 0.1) is 24.4 Å². The first-order valence-corrected chi connectivity index (χ1v) is 11.9. The molecular weight excluding hydrogens is 494 g/mol. The molecule has 3 aromatic rings. The van der Waals surface area contributed by atoms with Gasteiger partial charge in [0.1, 0.15) is 17.4 Å². The van der Waals surface area contributed by atoms with E-state index in [0.29, 0.717) is 17.7 Å². The number of benzene rings is 2. The minimum atomic E-state index is -1.02. The van der Waals surface area contributed by atoms with Gasteiger partial charge in [-0.2, -0.15) is 0 Å². The van der Waals surface area contributed by atoms with Crippen molar-refractivity contribution in [3.8, 4) is 17.1 Å². The summed E-state index contributed by atoms with van der Waals surface area (Å²) in [4.78, 5) is 37.7. The van der Waals surface area contributed by atoms with E-state index in [1.165, 1.54) is 18.8 Å². The number of aromatic nitrogens is 4. The lowest BCUT2D eigenvalue weighted by Crippen LogP contribution is -2.45. The monoisotopic (exact) mass is 526 g/mol. The van der Waals surface area contributed by atoms with Crippen molar-refractivity contribution in [3.63, 3.8) is 0 Å². The summed E-state index contributed by atoms with van der Waals surface area (Å²) in [5.74, 6) is -0.700. The Bertz CT molecular complexity index is 1250. The number of nitrogens with zero attached hydrogens (tertiary/aromatic N) is 3. The highest BCUT2D eigenvalue weighted by Gasteiger charge is 2.27. The number of carbonyl (C=O) groups excluding carboxylic acids is 3. The number of hydrogen-bond donors (Lipinski definition) is 2. The fraction of sp³-hybridized carbons (Fsp3) is 0.385. The molecule has 2 aromatic carbocycles. The molecule has 0 unspecified atom stereocenters. The number of esters is 2. The number of ether oxygens (including phenoxy) is 4. The Morgan fingerprint density at radius 2 is 1.82 bits per heavy atom. The van der Waals surface area contributed by atoms with Crippen LogP contribution in [0.4, 0.5) is 4.79 Å². The Hall–Kier alpha value is -4.32. The third kappa shape index (κ3) is 8.66. The number of alkyl carbamates (subject to hydrolysis) is 1. The largest absolute Gasteiger partial charge is 0.467 e. The Balaban J connectivity index is 1.79. The molecular formula is C26H32N5O7+. The summed E-state index contributed by atoms with van der Waals surface area (Å²) in [6.07, 6.45) is -0.681. The van der Waals surface area contributed by atoms with Crippen LogP contribution < -0.4 is 14.9 Å². The zero-order chi connectivity index (χ0) is 27.7. The molecule has 2 N–H and O–H groups in total. The number of aromatic amines is 1. The van der Waals surface area contributed by atoms with Gasteiger partial charge in [0.25, 0.3) is 0 Å². The molecule has 1 aromatic heterocycles. The van der Waals surface area contributed by atoms with Crippen LogP contribution >= 0.6 is 0 Å². The van der Waals surface area contributed by atoms with Crippen LogP contribution in [-0.2, 0) is 43.6 Å². The van der Waals surface area contributed by atoms with Crippen molar-refractivity contribution in [1.29, 1.82) is 0 Å². The summed E-state index contributed by atoms with van der Waals surface area (Å²) in [6, 6.07) is 13.6. The van der Waals surface area contributed by atoms with E-state index in [1.807, 2.05) is 30.3 Å². The molecule has 0 radical (unpaired) electrons. The van der Waals surface area contributed by atoms with Crippen molar-refractivity contribution in [2.75, 3.05) is 7.11 Å². The number of amides is 1. The summed E-state index contributed by atoms with van der Waals surface area (Å²) in [5, 5.41) is 13.9. The van der Waals surface area contributed by atoms with E-state index >= 15 is 0 Å². The van der Waals surface area contributed by atoms with E-state index in [9.17, 15) is 14.4 Å². The summed E-state index contributed by atoms with van der Waals surface area (Å²) in [5.41, 5.74) is 1.29. The standard InChI is InChI=1S/C26H31N5O7/c1-17(32)37-22-12-11-19(14-21(24(33)35-5)27-25(34)38-26(2,3)4)13-20(22)23-28-30-31(29-23)16-36-15-18-9-7-6-8-10-18/h6-13,21H,14-16H2,1-5H3,(H,27,34)/p+1/t21-/m0/s1. The normalized spacial score (nSPS) is 11.9. The highest BCUT2D eigenvalue weighted by molar-refractivity contribution is 5.82. The van der Waals surface area contributed by atoms with Gasteiger partial charge >= 0.3 is 23.9 Å². The van der Waals surface area contributed by atoms with Crippen LogP contribution in [0.25, 0.3) is 11.4 Å². The second kappa shape index (κ2) is 12.8. The average molecular weight is 527 g/mol. The van der Waals surface area contributed by atoms with E-state index in [2.05, 4.69) is 20.7 Å². The number of H-pyrrole nitrogens is 1. The Kier molecular flexibility index (Phi) is 9.49. The van der Waals surface area contributed by atoms with Crippen LogP contribution in [0.1, 0.15) is 38.8 Å². The molecule has 202 valence electrons. The minimum absolute atomic E-state index is 0.0733. The number of methoxy groups -OCH3 is 1. The van der Waals surface area contributed by atoms with Crippen molar-refractivity contribution in [3.05, 3.63) is 59.7 Å². The van der Waals surface area contributed by atoms with Gasteiger partial charge < -0.3 is 24.3 Å². The minimum Gasteiger partial charge on any atom is -0.467 e. The molecule has 0 fully saturated rings. The van der Waals surface area contributed by atoms with Crippen molar-refractivity contribution < 1.29 is 38.1 Å². The molecule has 0 spiro atoms. The van der Waals surface area contributed by atoms with E-state index in [4.69, 9.17) is 18.9 Å². The lowest BCUT2D eigenvalue weighted by molar-refractivity contribution is -0.833. The van der Waals surface area contributed by atoms with E-state index in [0.717, 1.165) is 5.56 Å². The zero-order valence-corrected chi connectivity index (χ0v) is 22.0. The first kappa shape index (κ1) is 28.3. The molecule has 12 nitrogen and oxygen atoms in total. The van der Waals surface area contributed by atoms with Crippen molar-refractivity contribution >= 4 is 18.0 Å². The lowest BCUT2D eigenvalue weighted by Gasteiger charge is -2.22. The summed E-state index contributed by atoms with van der Waals surface area (Å²) in [7, 11) is 1.23. The van der Waals surface area contributed by atoms with Gasteiger partial charge in [-0.1, -0.05) is 36.4 Å². The Morgan fingerprint density at radius 3 is 2.47 bits per heavy atom. The van der Waals surface area contributed by atoms with Crippen LogP contribution in [-0.4, -0.2) is 52.2 Å². The first-order chi connectivity index (χ1) is 18.0. The fourth-order valence-electron chi connectivity index (χ4n) is 3.40. The number of hydrogen-bond acceptors (Lipinski definition) is 9. The van der Waals surface area contributed by atoms with Crippen molar-refractivity contribution in [2.24, 2.45) is 0 Å². The summed E-state index contributed by atoms with van der Waals surface area (Å²) in [6.45, 7) is 6.93. The fourth-order valence-corrected chi connectivity index (χ4v) is 3.40. The van der Waals surface area contributed by atoms with Gasteiger partial charge in [-0.15, -0.1) is 0 Å². The molecule has 0 saturated carbocycles. The lowest BCUT2D eigenvalue weighted by atomic mass is 10.0. The topological polar surface area (TPSA) is 146 Å². The van der Waals surface area contributed by atoms with E-state index < -0.39 is 29.7 Å². The van der Waals surface area contributed by atoms with Gasteiger partial charge in [-0.25, -0.2) is 9.59 Å². The molecule has 0 aliphatic heterocycles. The van der Waals surface area contributed by atoms with E-state index in [-0.39, 0.29) is 24.7 Å². The second-order valence-electron chi connectivity index (χ2n) is 9.35.